The Kier molecular flexibility index (Phi) is 4.55. The zero-order valence-electron chi connectivity index (χ0n) is 11.5. The molecule has 0 aromatic heterocycles. The van der Waals surface area contributed by atoms with Crippen molar-refractivity contribution in [3.8, 4) is 0 Å². The summed E-state index contributed by atoms with van der Waals surface area (Å²) in [7, 11) is 1.26. The van der Waals surface area contributed by atoms with Crippen LogP contribution >= 0.6 is 0 Å². The molecule has 0 spiro atoms. The number of benzene rings is 1. The van der Waals surface area contributed by atoms with Gasteiger partial charge >= 0.3 is 5.97 Å². The van der Waals surface area contributed by atoms with E-state index < -0.39 is 10.9 Å². The predicted octanol–water partition coefficient (Wildman–Crippen LogP) is 2.76. The monoisotopic (exact) mass is 278 g/mol. The van der Waals surface area contributed by atoms with Gasteiger partial charge in [-0.3, -0.25) is 10.1 Å². The highest BCUT2D eigenvalue weighted by Gasteiger charge is 2.22. The SMILES string of the molecule is COC(=O)c1ccc(N2CCCCCC2)c([N+](=O)[O-])c1. The van der Waals surface area contributed by atoms with E-state index in [1.807, 2.05) is 4.90 Å². The topological polar surface area (TPSA) is 72.7 Å². The first-order chi connectivity index (χ1) is 9.63. The van der Waals surface area contributed by atoms with Crippen molar-refractivity contribution >= 4 is 17.3 Å². The van der Waals surface area contributed by atoms with E-state index in [1.165, 1.54) is 13.2 Å². The second-order valence-electron chi connectivity index (χ2n) is 4.85. The second kappa shape index (κ2) is 6.36. The Hall–Kier alpha value is -2.11. The Balaban J connectivity index is 2.36. The molecule has 0 radical (unpaired) electrons. The van der Waals surface area contributed by atoms with Crippen molar-refractivity contribution < 1.29 is 14.5 Å². The number of hydrogen-bond donors (Lipinski definition) is 0. The summed E-state index contributed by atoms with van der Waals surface area (Å²) in [6, 6.07) is 4.53. The van der Waals surface area contributed by atoms with Gasteiger partial charge in [0.2, 0.25) is 0 Å². The van der Waals surface area contributed by atoms with E-state index in [2.05, 4.69) is 4.74 Å². The molecule has 1 aromatic rings. The summed E-state index contributed by atoms with van der Waals surface area (Å²) in [5, 5.41) is 11.2. The van der Waals surface area contributed by atoms with Crippen LogP contribution in [0.3, 0.4) is 0 Å². The molecule has 0 N–H and O–H groups in total. The minimum atomic E-state index is -0.560. The first-order valence-electron chi connectivity index (χ1n) is 6.75. The van der Waals surface area contributed by atoms with Gasteiger partial charge in [-0.1, -0.05) is 12.8 Å². The zero-order chi connectivity index (χ0) is 14.5. The summed E-state index contributed by atoms with van der Waals surface area (Å²) in [6.45, 7) is 1.64. The number of nitro benzene ring substituents is 1. The Bertz CT molecular complexity index is 508. The van der Waals surface area contributed by atoms with Crippen LogP contribution in [-0.4, -0.2) is 31.1 Å². The van der Waals surface area contributed by atoms with E-state index >= 15 is 0 Å². The molecule has 6 nitrogen and oxygen atoms in total. The number of ether oxygens (including phenoxy) is 1. The van der Waals surface area contributed by atoms with Gasteiger partial charge in [-0.05, 0) is 25.0 Å². The van der Waals surface area contributed by atoms with Gasteiger partial charge in [-0.25, -0.2) is 4.79 Å². The average molecular weight is 278 g/mol. The third kappa shape index (κ3) is 3.07. The summed E-state index contributed by atoms with van der Waals surface area (Å²) in [5.74, 6) is -0.560. The molecule has 0 saturated carbocycles. The molecule has 1 aliphatic rings. The first kappa shape index (κ1) is 14.3. The van der Waals surface area contributed by atoms with E-state index in [4.69, 9.17) is 0 Å². The first-order valence-corrected chi connectivity index (χ1v) is 6.75. The van der Waals surface area contributed by atoms with E-state index in [9.17, 15) is 14.9 Å². The molecule has 6 heteroatoms. The molecule has 0 atom stereocenters. The molecule has 20 heavy (non-hydrogen) atoms. The standard InChI is InChI=1S/C14H18N2O4/c1-20-14(17)11-6-7-12(13(10-11)16(18)19)15-8-4-2-3-5-9-15/h6-7,10H,2-5,8-9H2,1H3. The molecule has 108 valence electrons. The molecule has 0 bridgehead atoms. The van der Waals surface area contributed by atoms with Crippen LogP contribution < -0.4 is 4.90 Å². The number of esters is 1. The van der Waals surface area contributed by atoms with E-state index in [1.54, 1.807) is 12.1 Å². The van der Waals surface area contributed by atoms with Gasteiger partial charge in [-0.2, -0.15) is 0 Å². The average Bonchev–Trinajstić information content (AvgIpc) is 2.74. The zero-order valence-corrected chi connectivity index (χ0v) is 11.5. The van der Waals surface area contributed by atoms with Crippen LogP contribution in [0.15, 0.2) is 18.2 Å². The van der Waals surface area contributed by atoms with Gasteiger partial charge in [0, 0.05) is 19.2 Å². The lowest BCUT2D eigenvalue weighted by molar-refractivity contribution is -0.384. The minimum Gasteiger partial charge on any atom is -0.465 e. The lowest BCUT2D eigenvalue weighted by Gasteiger charge is -2.22. The van der Waals surface area contributed by atoms with Gasteiger partial charge < -0.3 is 9.64 Å². The van der Waals surface area contributed by atoms with Crippen molar-refractivity contribution in [2.75, 3.05) is 25.1 Å². The van der Waals surface area contributed by atoms with Crippen LogP contribution in [0, 0.1) is 10.1 Å². The number of carbonyl (C=O) groups is 1. The number of rotatable bonds is 3. The maximum Gasteiger partial charge on any atom is 0.338 e. The number of hydrogen-bond acceptors (Lipinski definition) is 5. The van der Waals surface area contributed by atoms with Crippen LogP contribution in [0.2, 0.25) is 0 Å². The van der Waals surface area contributed by atoms with Gasteiger partial charge in [0.25, 0.3) is 5.69 Å². The Labute approximate surface area is 117 Å². The lowest BCUT2D eigenvalue weighted by atomic mass is 10.1. The number of nitro groups is 1. The van der Waals surface area contributed by atoms with E-state index in [-0.39, 0.29) is 11.3 Å². The molecule has 1 aromatic carbocycles. The maximum absolute atomic E-state index is 11.5. The molecule has 1 heterocycles. The fraction of sp³-hybridized carbons (Fsp3) is 0.500. The molecule has 1 fully saturated rings. The lowest BCUT2D eigenvalue weighted by Crippen LogP contribution is -2.24. The summed E-state index contributed by atoms with van der Waals surface area (Å²) < 4.78 is 4.60. The smallest absolute Gasteiger partial charge is 0.338 e. The quantitative estimate of drug-likeness (QED) is 0.483. The molecule has 1 saturated heterocycles. The van der Waals surface area contributed by atoms with Crippen LogP contribution in [-0.2, 0) is 4.74 Å². The number of anilines is 1. The fourth-order valence-electron chi connectivity index (χ4n) is 2.49. The second-order valence-corrected chi connectivity index (χ2v) is 4.85. The Morgan fingerprint density at radius 3 is 2.45 bits per heavy atom. The number of nitrogens with zero attached hydrogens (tertiary/aromatic N) is 2. The summed E-state index contributed by atoms with van der Waals surface area (Å²) in [5.41, 5.74) is 0.761. The molecule has 2 rings (SSSR count). The predicted molar refractivity (Wildman–Crippen MR) is 75.1 cm³/mol. The molecule has 1 aliphatic heterocycles. The van der Waals surface area contributed by atoms with E-state index in [0.717, 1.165) is 38.8 Å². The van der Waals surface area contributed by atoms with Crippen LogP contribution in [0.4, 0.5) is 11.4 Å². The maximum atomic E-state index is 11.5. The third-order valence-electron chi connectivity index (χ3n) is 3.54. The van der Waals surface area contributed by atoms with Crippen molar-refractivity contribution in [3.63, 3.8) is 0 Å². The largest absolute Gasteiger partial charge is 0.465 e. The number of methoxy groups -OCH3 is 1. The highest BCUT2D eigenvalue weighted by molar-refractivity contribution is 5.91. The highest BCUT2D eigenvalue weighted by Crippen LogP contribution is 2.31. The van der Waals surface area contributed by atoms with Gasteiger partial charge in [0.15, 0.2) is 0 Å². The normalized spacial score (nSPS) is 15.6. The Morgan fingerprint density at radius 2 is 1.90 bits per heavy atom. The van der Waals surface area contributed by atoms with Crippen molar-refractivity contribution in [1.82, 2.24) is 0 Å². The van der Waals surface area contributed by atoms with Crippen molar-refractivity contribution in [2.24, 2.45) is 0 Å². The molecular weight excluding hydrogens is 260 g/mol. The minimum absolute atomic E-state index is 0.0326. The molecule has 0 aliphatic carbocycles. The fourth-order valence-corrected chi connectivity index (χ4v) is 2.49. The molecular formula is C14H18N2O4. The Morgan fingerprint density at radius 1 is 1.25 bits per heavy atom. The van der Waals surface area contributed by atoms with Gasteiger partial charge in [-0.15, -0.1) is 0 Å². The summed E-state index contributed by atoms with van der Waals surface area (Å²) >= 11 is 0. The highest BCUT2D eigenvalue weighted by atomic mass is 16.6. The van der Waals surface area contributed by atoms with Crippen molar-refractivity contribution in [1.29, 1.82) is 0 Å². The summed E-state index contributed by atoms with van der Waals surface area (Å²) in [6.07, 6.45) is 4.39. The van der Waals surface area contributed by atoms with Crippen LogP contribution in [0.25, 0.3) is 0 Å². The molecule has 0 unspecified atom stereocenters. The van der Waals surface area contributed by atoms with Crippen LogP contribution in [0.5, 0.6) is 0 Å². The van der Waals surface area contributed by atoms with Crippen molar-refractivity contribution in [3.05, 3.63) is 33.9 Å². The molecule has 0 amide bonds. The van der Waals surface area contributed by atoms with Gasteiger partial charge in [0.1, 0.15) is 5.69 Å². The van der Waals surface area contributed by atoms with Gasteiger partial charge in [0.05, 0.1) is 17.6 Å². The summed E-state index contributed by atoms with van der Waals surface area (Å²) in [4.78, 5) is 24.3. The van der Waals surface area contributed by atoms with E-state index in [0.29, 0.717) is 5.69 Å². The van der Waals surface area contributed by atoms with Crippen LogP contribution in [0.1, 0.15) is 36.0 Å². The third-order valence-corrected chi connectivity index (χ3v) is 3.54. The number of carbonyl (C=O) groups excluding carboxylic acids is 1. The van der Waals surface area contributed by atoms with Crippen molar-refractivity contribution in [2.45, 2.75) is 25.7 Å².